The van der Waals surface area contributed by atoms with Gasteiger partial charge in [0.15, 0.2) is 0 Å². The van der Waals surface area contributed by atoms with E-state index in [2.05, 4.69) is 36.1 Å². The second kappa shape index (κ2) is 24.7. The molecule has 21 heteroatoms. The van der Waals surface area contributed by atoms with Crippen molar-refractivity contribution >= 4 is 105 Å². The maximum absolute atomic E-state index is 13.1. The molecule has 6 N–H and O–H groups in total. The molecule has 8 rings (SSSR count). The fraction of sp³-hybridized carbons (Fsp3) is 0.216. The van der Waals surface area contributed by atoms with E-state index >= 15 is 0 Å². The smallest absolute Gasteiger partial charge is 0.259 e. The number of rotatable bonds is 12. The van der Waals surface area contributed by atoms with Crippen molar-refractivity contribution in [2.24, 2.45) is 0 Å². The number of pyridine rings is 2. The van der Waals surface area contributed by atoms with Crippen LogP contribution in [0.1, 0.15) is 71.8 Å². The Morgan fingerprint density at radius 1 is 0.500 bits per heavy atom. The summed E-state index contributed by atoms with van der Waals surface area (Å²) in [4.78, 5) is 64.4. The van der Waals surface area contributed by atoms with Gasteiger partial charge in [-0.25, -0.2) is 9.97 Å². The van der Waals surface area contributed by atoms with E-state index in [1.54, 1.807) is 72.8 Å². The molecule has 372 valence electrons. The summed E-state index contributed by atoms with van der Waals surface area (Å²) < 4.78 is 16.1. The summed E-state index contributed by atoms with van der Waals surface area (Å²) in [7, 11) is 2.83. The van der Waals surface area contributed by atoms with Crippen LogP contribution in [0.3, 0.4) is 0 Å². The Hall–Kier alpha value is -7.28. The molecule has 2 aromatic heterocycles. The normalized spacial score (nSPS) is 13.1. The first-order valence-corrected chi connectivity index (χ1v) is 23.9. The number of methoxy groups -OCH3 is 2. The number of piperidine rings is 1. The maximum Gasteiger partial charge on any atom is 0.259 e. The third-order valence-electron chi connectivity index (χ3n) is 11.3. The molecule has 4 heterocycles. The number of nitrogens with zero attached hydrogens (tertiary/aromatic N) is 4. The Morgan fingerprint density at radius 3 is 1.26 bits per heavy atom. The minimum Gasteiger partial charge on any atom is -0.494 e. The van der Waals surface area contributed by atoms with Gasteiger partial charge in [0.05, 0.1) is 60.0 Å². The summed E-state index contributed by atoms with van der Waals surface area (Å²) in [5.41, 5.74) is 2.67. The van der Waals surface area contributed by atoms with Crippen LogP contribution in [0.4, 0.5) is 23.0 Å². The van der Waals surface area contributed by atoms with Gasteiger partial charge in [-0.05, 0) is 79.9 Å². The highest BCUT2D eigenvalue weighted by Gasteiger charge is 2.24. The molecule has 0 spiro atoms. The number of morpholine rings is 1. The average Bonchev–Trinajstić information content (AvgIpc) is 3.40. The number of anilines is 4. The summed E-state index contributed by atoms with van der Waals surface area (Å²) in [6.45, 7) is 4.19. The zero-order chi connectivity index (χ0) is 51.3. The van der Waals surface area contributed by atoms with Gasteiger partial charge in [-0.15, -0.1) is 0 Å². The number of benzene rings is 4. The quantitative estimate of drug-likeness (QED) is 0.0500. The number of amides is 4. The minimum atomic E-state index is -0.546. The van der Waals surface area contributed by atoms with E-state index in [0.717, 1.165) is 31.5 Å². The van der Waals surface area contributed by atoms with Crippen molar-refractivity contribution in [3.05, 3.63) is 163 Å². The van der Waals surface area contributed by atoms with Gasteiger partial charge < -0.3 is 45.3 Å². The second-order valence-corrected chi connectivity index (χ2v) is 17.8. The van der Waals surface area contributed by atoms with Gasteiger partial charge in [0.2, 0.25) is 0 Å². The number of halogens is 4. The summed E-state index contributed by atoms with van der Waals surface area (Å²) >= 11 is 24.1. The van der Waals surface area contributed by atoms with Crippen molar-refractivity contribution in [3.8, 4) is 11.5 Å². The first-order chi connectivity index (χ1) is 34.7. The number of amidine groups is 2. The molecule has 0 saturated carbocycles. The number of hydrogen-bond donors (Lipinski definition) is 6. The van der Waals surface area contributed by atoms with Crippen LogP contribution in [-0.4, -0.2) is 109 Å². The van der Waals surface area contributed by atoms with E-state index in [1.165, 1.54) is 57.3 Å². The third-order valence-corrected chi connectivity index (χ3v) is 12.2. The van der Waals surface area contributed by atoms with Gasteiger partial charge in [0.25, 0.3) is 23.6 Å². The lowest BCUT2D eigenvalue weighted by atomic mass is 10.1. The highest BCUT2D eigenvalue weighted by Crippen LogP contribution is 2.35. The Morgan fingerprint density at radius 2 is 0.889 bits per heavy atom. The molecular weight excluding hydrogens is 1010 g/mol. The average molecular weight is 1050 g/mol. The fourth-order valence-electron chi connectivity index (χ4n) is 7.57. The van der Waals surface area contributed by atoms with Crippen molar-refractivity contribution in [1.29, 1.82) is 10.8 Å². The number of aromatic nitrogens is 2. The summed E-state index contributed by atoms with van der Waals surface area (Å²) in [6, 6.07) is 25.7. The molecular formula is C51H48Cl4N10O7. The topological polar surface area (TPSA) is 224 Å². The van der Waals surface area contributed by atoms with E-state index in [-0.39, 0.29) is 55.7 Å². The lowest BCUT2D eigenvalue weighted by Gasteiger charge is -2.29. The maximum atomic E-state index is 13.1. The Labute approximate surface area is 435 Å². The van der Waals surface area contributed by atoms with Crippen molar-refractivity contribution in [2.45, 2.75) is 19.3 Å². The molecule has 2 fully saturated rings. The Kier molecular flexibility index (Phi) is 18.0. The summed E-state index contributed by atoms with van der Waals surface area (Å²) in [5, 5.41) is 29.1. The molecule has 0 aliphatic carbocycles. The lowest BCUT2D eigenvalue weighted by Crippen LogP contribution is -2.40. The molecule has 72 heavy (non-hydrogen) atoms. The van der Waals surface area contributed by atoms with E-state index in [1.807, 2.05) is 4.90 Å². The molecule has 0 radical (unpaired) electrons. The van der Waals surface area contributed by atoms with Gasteiger partial charge in [0.1, 0.15) is 34.8 Å². The van der Waals surface area contributed by atoms with Gasteiger partial charge in [-0.1, -0.05) is 70.7 Å². The van der Waals surface area contributed by atoms with Crippen LogP contribution in [-0.2, 0) is 4.74 Å². The number of carbonyl (C=O) groups excluding carboxylic acids is 4. The zero-order valence-corrected chi connectivity index (χ0v) is 41.9. The van der Waals surface area contributed by atoms with E-state index in [4.69, 9.17) is 71.4 Å². The number of carbonyl (C=O) groups is 4. The van der Waals surface area contributed by atoms with Crippen LogP contribution in [0.15, 0.2) is 109 Å². The molecule has 0 unspecified atom stereocenters. The first kappa shape index (κ1) is 52.5. The van der Waals surface area contributed by atoms with Gasteiger partial charge in [-0.2, -0.15) is 0 Å². The van der Waals surface area contributed by atoms with Crippen molar-refractivity contribution < 1.29 is 33.4 Å². The largest absolute Gasteiger partial charge is 0.494 e. The van der Waals surface area contributed by atoms with Crippen LogP contribution in [0.5, 0.6) is 11.5 Å². The molecule has 4 aromatic carbocycles. The Bertz CT molecular complexity index is 2750. The molecule has 2 aliphatic heterocycles. The lowest BCUT2D eigenvalue weighted by molar-refractivity contribution is 0.0680. The number of likely N-dealkylation sites (tertiary alicyclic amines) is 1. The predicted molar refractivity (Wildman–Crippen MR) is 281 cm³/mol. The van der Waals surface area contributed by atoms with Crippen LogP contribution in [0.2, 0.25) is 20.1 Å². The first-order valence-electron chi connectivity index (χ1n) is 22.4. The molecule has 4 amide bonds. The summed E-state index contributed by atoms with van der Waals surface area (Å²) in [5.74, 6) is -0.142. The molecule has 0 bridgehead atoms. The fourth-order valence-corrected chi connectivity index (χ4v) is 8.21. The summed E-state index contributed by atoms with van der Waals surface area (Å²) in [6.07, 6.45) is 6.16. The Balaban J connectivity index is 0.000000211. The van der Waals surface area contributed by atoms with Crippen molar-refractivity contribution in [1.82, 2.24) is 19.8 Å². The van der Waals surface area contributed by atoms with Crippen LogP contribution in [0.25, 0.3) is 0 Å². The highest BCUT2D eigenvalue weighted by molar-refractivity contribution is 6.32. The zero-order valence-electron chi connectivity index (χ0n) is 38.9. The highest BCUT2D eigenvalue weighted by atomic mass is 35.5. The van der Waals surface area contributed by atoms with Gasteiger partial charge in [0, 0.05) is 83.0 Å². The van der Waals surface area contributed by atoms with Gasteiger partial charge >= 0.3 is 0 Å². The van der Waals surface area contributed by atoms with Crippen LogP contribution >= 0.6 is 46.4 Å². The standard InChI is InChI=1S/C26H25Cl2N5O3.C25H23Cl2N5O4/c1-36-21-14-19(28)13-20(26(35)31-22-10-9-18(27)15-30-22)23(21)32-25(34)17-7-5-16(6-8-17)24(29)33-11-3-2-4-12-33;1-35-20-13-18(27)12-19(25(34)30-21-7-6-17(26)14-29-21)22(20)31-24(33)16-4-2-15(3-5-16)23(28)32-8-10-36-11-9-32/h5-10,13-15,29H,2-4,11-12H2,1H3,(H,32,34)(H,30,31,35);2-7,12-14,28H,8-11H2,1H3,(H,31,33)(H,29,30,34). The van der Waals surface area contributed by atoms with Crippen LogP contribution < -0.4 is 30.7 Å². The van der Waals surface area contributed by atoms with E-state index in [9.17, 15) is 19.2 Å². The van der Waals surface area contributed by atoms with Crippen molar-refractivity contribution in [2.75, 3.05) is 74.9 Å². The predicted octanol–water partition coefficient (Wildman–Crippen LogP) is 10.3. The molecule has 2 saturated heterocycles. The van der Waals surface area contributed by atoms with E-state index in [0.29, 0.717) is 64.7 Å². The number of nitrogens with one attached hydrogen (secondary N) is 6. The minimum absolute atomic E-state index is 0.0927. The SMILES string of the molecule is COc1cc(Cl)cc(C(=O)Nc2ccc(Cl)cn2)c1NC(=O)c1ccc(C(=N)N2CCCCC2)cc1.COc1cc(Cl)cc(C(=O)Nc2ccc(Cl)cn2)c1NC(=O)c1ccc(C(=N)N2CCOCC2)cc1. The number of hydrogen-bond acceptors (Lipinski definition) is 11. The molecule has 17 nitrogen and oxygen atoms in total. The second-order valence-electron chi connectivity index (χ2n) is 16.1. The number of ether oxygens (including phenoxy) is 3. The van der Waals surface area contributed by atoms with Crippen molar-refractivity contribution in [3.63, 3.8) is 0 Å². The molecule has 0 atom stereocenters. The third kappa shape index (κ3) is 13.6. The van der Waals surface area contributed by atoms with Crippen LogP contribution in [0, 0.1) is 10.8 Å². The van der Waals surface area contributed by atoms with Gasteiger partial charge in [-0.3, -0.25) is 30.0 Å². The molecule has 2 aliphatic rings. The monoisotopic (exact) mass is 1050 g/mol. The van der Waals surface area contributed by atoms with E-state index < -0.39 is 23.6 Å². The molecule has 6 aromatic rings.